The third-order valence-electron chi connectivity index (χ3n) is 5.55. The summed E-state index contributed by atoms with van der Waals surface area (Å²) in [5, 5.41) is 15.2. The topological polar surface area (TPSA) is 103 Å². The van der Waals surface area contributed by atoms with Gasteiger partial charge in [0.25, 0.3) is 5.56 Å². The van der Waals surface area contributed by atoms with Crippen LogP contribution in [0.15, 0.2) is 41.3 Å². The van der Waals surface area contributed by atoms with E-state index in [0.717, 1.165) is 27.9 Å². The number of aromatic nitrogens is 2. The van der Waals surface area contributed by atoms with Crippen LogP contribution in [0.4, 0.5) is 13.2 Å². The molecule has 0 spiro atoms. The number of halogens is 3. The Morgan fingerprint density at radius 3 is 2.28 bits per heavy atom. The van der Waals surface area contributed by atoms with Crippen LogP contribution >= 0.6 is 0 Å². The molecule has 11 heteroatoms. The van der Waals surface area contributed by atoms with E-state index in [9.17, 15) is 18.0 Å². The van der Waals surface area contributed by atoms with Crippen molar-refractivity contribution < 1.29 is 37.6 Å². The fourth-order valence-corrected chi connectivity index (χ4v) is 3.97. The first kappa shape index (κ1) is 27.0. The summed E-state index contributed by atoms with van der Waals surface area (Å²) in [7, 11) is 3.06. The van der Waals surface area contributed by atoms with E-state index in [1.165, 1.54) is 32.5 Å². The molecule has 1 aromatic carbocycles. The highest BCUT2D eigenvalue weighted by atomic mass is 19.4. The Kier molecular flexibility index (Phi) is 8.59. The average Bonchev–Trinajstić information content (AvgIpc) is 2.88. The highest BCUT2D eigenvalue weighted by molar-refractivity contribution is 5.80. The number of hydrogen-bond donors (Lipinski definition) is 2. The Bertz CT molecular complexity index is 1250. The molecule has 2 aromatic heterocycles. The monoisotopic (exact) mass is 508 g/mol. The van der Waals surface area contributed by atoms with Gasteiger partial charge in [0, 0.05) is 47.1 Å². The van der Waals surface area contributed by atoms with Crippen molar-refractivity contribution in [1.82, 2.24) is 9.55 Å². The molecule has 0 bridgehead atoms. The lowest BCUT2D eigenvalue weighted by Crippen LogP contribution is -2.26. The molecule has 2 N–H and O–H groups in total. The molecule has 4 rings (SSSR count). The molecule has 0 saturated carbocycles. The summed E-state index contributed by atoms with van der Waals surface area (Å²) in [4.78, 5) is 16.5. The number of nitrogens with zero attached hydrogens (tertiary/aromatic N) is 2. The maximum absolute atomic E-state index is 12.6. The summed E-state index contributed by atoms with van der Waals surface area (Å²) < 4.78 is 54.4. The number of aliphatic hydroxyl groups excluding tert-OH is 2. The molecule has 36 heavy (non-hydrogen) atoms. The van der Waals surface area contributed by atoms with Gasteiger partial charge < -0.3 is 29.0 Å². The zero-order valence-electron chi connectivity index (χ0n) is 20.1. The van der Waals surface area contributed by atoms with E-state index in [1.807, 2.05) is 19.1 Å². The molecule has 0 saturated heterocycles. The van der Waals surface area contributed by atoms with Crippen molar-refractivity contribution in [3.63, 3.8) is 0 Å². The molecule has 1 aliphatic rings. The zero-order valence-corrected chi connectivity index (χ0v) is 20.1. The summed E-state index contributed by atoms with van der Waals surface area (Å²) in [6.45, 7) is 0.784. The number of benzene rings is 1. The van der Waals surface area contributed by atoms with Crippen molar-refractivity contribution in [2.24, 2.45) is 0 Å². The second kappa shape index (κ2) is 11.4. The fraction of sp³-hybridized carbons (Fsp3) is 0.360. The van der Waals surface area contributed by atoms with Gasteiger partial charge in [-0.05, 0) is 37.1 Å². The zero-order chi connectivity index (χ0) is 26.5. The molecule has 0 unspecified atom stereocenters. The van der Waals surface area contributed by atoms with Gasteiger partial charge in [0.2, 0.25) is 5.88 Å². The molecule has 0 amide bonds. The number of hydrogen-bond acceptors (Lipinski definition) is 7. The van der Waals surface area contributed by atoms with Gasteiger partial charge in [0.05, 0.1) is 33.1 Å². The van der Waals surface area contributed by atoms with E-state index in [4.69, 9.17) is 19.7 Å². The van der Waals surface area contributed by atoms with Crippen molar-refractivity contribution in [3.05, 3.63) is 58.0 Å². The van der Waals surface area contributed by atoms with Crippen molar-refractivity contribution in [2.45, 2.75) is 26.1 Å². The maximum Gasteiger partial charge on any atom is 0.422 e. The lowest BCUT2D eigenvalue weighted by atomic mass is 9.90. The molecule has 0 aliphatic carbocycles. The summed E-state index contributed by atoms with van der Waals surface area (Å²) in [6.07, 6.45) is -2.34. The number of pyridine rings is 2. The fourth-order valence-electron chi connectivity index (χ4n) is 3.97. The summed E-state index contributed by atoms with van der Waals surface area (Å²) in [5.74, 6) is 0.965. The van der Waals surface area contributed by atoms with Crippen molar-refractivity contribution in [3.8, 4) is 39.8 Å². The number of aryl methyl sites for hydroxylation is 1. The molecule has 0 atom stereocenters. The summed E-state index contributed by atoms with van der Waals surface area (Å²) >= 11 is 0. The van der Waals surface area contributed by atoms with Gasteiger partial charge in [0.15, 0.2) is 6.61 Å². The minimum absolute atomic E-state index is 0.112. The third kappa shape index (κ3) is 5.97. The Balaban J connectivity index is 0.000000840. The van der Waals surface area contributed by atoms with Crippen LogP contribution in [0, 0.1) is 6.92 Å². The largest absolute Gasteiger partial charge is 0.496 e. The van der Waals surface area contributed by atoms with E-state index in [0.29, 0.717) is 30.0 Å². The average molecular weight is 508 g/mol. The smallest absolute Gasteiger partial charge is 0.422 e. The predicted octanol–water partition coefficient (Wildman–Crippen LogP) is 3.37. The predicted molar refractivity (Wildman–Crippen MR) is 127 cm³/mol. The van der Waals surface area contributed by atoms with Crippen LogP contribution in [0.2, 0.25) is 0 Å². The molecular weight excluding hydrogens is 481 g/mol. The minimum Gasteiger partial charge on any atom is -0.496 e. The molecule has 0 fully saturated rings. The van der Waals surface area contributed by atoms with Crippen LogP contribution in [-0.2, 0) is 13.0 Å². The molecule has 3 aromatic rings. The van der Waals surface area contributed by atoms with E-state index in [-0.39, 0.29) is 24.7 Å². The number of methoxy groups -OCH3 is 2. The summed E-state index contributed by atoms with van der Waals surface area (Å²) in [6, 6.07) is 8.36. The quantitative estimate of drug-likeness (QED) is 0.526. The minimum atomic E-state index is -4.43. The summed E-state index contributed by atoms with van der Waals surface area (Å²) in [5.41, 5.74) is 4.84. The molecule has 1 aliphatic heterocycles. The van der Waals surface area contributed by atoms with Gasteiger partial charge in [-0.3, -0.25) is 4.79 Å². The molecule has 0 radical (unpaired) electrons. The van der Waals surface area contributed by atoms with E-state index in [2.05, 4.69) is 9.72 Å². The Hall–Kier alpha value is -3.57. The SMILES string of the molecule is COc1cc2c(cc1-c1ccc(OCC(F)(F)F)nc1)CCn1c-2c(C)c(OC)cc1=O.OCCO. The van der Waals surface area contributed by atoms with Gasteiger partial charge in [0.1, 0.15) is 11.5 Å². The van der Waals surface area contributed by atoms with Gasteiger partial charge >= 0.3 is 6.18 Å². The van der Waals surface area contributed by atoms with Crippen LogP contribution in [0.1, 0.15) is 11.1 Å². The second-order valence-electron chi connectivity index (χ2n) is 7.87. The van der Waals surface area contributed by atoms with Crippen molar-refractivity contribution in [1.29, 1.82) is 0 Å². The molecule has 3 heterocycles. The first-order chi connectivity index (χ1) is 17.1. The number of ether oxygens (including phenoxy) is 3. The van der Waals surface area contributed by atoms with Crippen LogP contribution in [0.3, 0.4) is 0 Å². The normalized spacial score (nSPS) is 12.1. The van der Waals surface area contributed by atoms with Crippen molar-refractivity contribution >= 4 is 0 Å². The number of alkyl halides is 3. The highest BCUT2D eigenvalue weighted by Crippen LogP contribution is 2.41. The number of aliphatic hydroxyl groups is 2. The first-order valence-electron chi connectivity index (χ1n) is 11.0. The third-order valence-corrected chi connectivity index (χ3v) is 5.55. The van der Waals surface area contributed by atoms with Gasteiger partial charge in [-0.1, -0.05) is 0 Å². The van der Waals surface area contributed by atoms with Gasteiger partial charge in [-0.2, -0.15) is 13.2 Å². The highest BCUT2D eigenvalue weighted by Gasteiger charge is 2.29. The number of rotatable bonds is 6. The Morgan fingerprint density at radius 1 is 1.03 bits per heavy atom. The van der Waals surface area contributed by atoms with Gasteiger partial charge in [-0.25, -0.2) is 4.98 Å². The lowest BCUT2D eigenvalue weighted by molar-refractivity contribution is -0.154. The molecular formula is C25H27F3N2O6. The lowest BCUT2D eigenvalue weighted by Gasteiger charge is -2.26. The van der Waals surface area contributed by atoms with Crippen LogP contribution in [0.25, 0.3) is 22.4 Å². The molecule has 8 nitrogen and oxygen atoms in total. The Morgan fingerprint density at radius 2 is 1.72 bits per heavy atom. The first-order valence-corrected chi connectivity index (χ1v) is 11.0. The van der Waals surface area contributed by atoms with Crippen LogP contribution in [0.5, 0.6) is 17.4 Å². The van der Waals surface area contributed by atoms with Crippen LogP contribution < -0.4 is 19.8 Å². The van der Waals surface area contributed by atoms with Gasteiger partial charge in [-0.15, -0.1) is 0 Å². The van der Waals surface area contributed by atoms with E-state index < -0.39 is 12.8 Å². The van der Waals surface area contributed by atoms with Crippen molar-refractivity contribution in [2.75, 3.05) is 34.0 Å². The van der Waals surface area contributed by atoms with E-state index >= 15 is 0 Å². The second-order valence-corrected chi connectivity index (χ2v) is 7.87. The molecule has 194 valence electrons. The Labute approximate surface area is 205 Å². The van der Waals surface area contributed by atoms with Crippen LogP contribution in [-0.4, -0.2) is 60.0 Å². The van der Waals surface area contributed by atoms with E-state index in [1.54, 1.807) is 10.6 Å². The standard InChI is InChI=1S/C23H21F3N2O4.C2H6O2/c1-13-18(30-2)10-21(29)28-7-6-14-8-16(19(31-3)9-17(14)22(13)28)15-4-5-20(27-11-15)32-12-23(24,25)26;3-1-2-4/h4-5,8-11H,6-7,12H2,1-3H3;3-4H,1-2H2. The number of fused-ring (bicyclic) bond motifs is 3. The maximum atomic E-state index is 12.6.